The number of nitro groups is 1. The lowest BCUT2D eigenvalue weighted by atomic mass is 10.1. The molecule has 3 aromatic rings. The molecule has 0 amide bonds. The Labute approximate surface area is 169 Å². The van der Waals surface area contributed by atoms with Gasteiger partial charge in [-0.3, -0.25) is 15.1 Å². The van der Waals surface area contributed by atoms with Gasteiger partial charge in [0.05, 0.1) is 9.82 Å². The van der Waals surface area contributed by atoms with Gasteiger partial charge < -0.3 is 5.32 Å². The van der Waals surface area contributed by atoms with Gasteiger partial charge in [-0.1, -0.05) is 18.2 Å². The van der Waals surface area contributed by atoms with Crippen molar-refractivity contribution < 1.29 is 13.3 Å². The summed E-state index contributed by atoms with van der Waals surface area (Å²) in [5.74, 6) is 0. The lowest BCUT2D eigenvalue weighted by Gasteiger charge is -2.15. The van der Waals surface area contributed by atoms with E-state index < -0.39 is 14.9 Å². The van der Waals surface area contributed by atoms with Gasteiger partial charge in [-0.2, -0.15) is 0 Å². The molecule has 0 bridgehead atoms. The predicted octanol–water partition coefficient (Wildman–Crippen LogP) is 2.64. The number of hydrogen-bond donors (Lipinski definition) is 2. The fourth-order valence-corrected chi connectivity index (χ4v) is 4.22. The zero-order chi connectivity index (χ0) is 20.9. The first-order valence-corrected chi connectivity index (χ1v) is 10.6. The molecular formula is C20H22N4O4S. The normalized spacial score (nSPS) is 12.7. The molecule has 3 rings (SSSR count). The van der Waals surface area contributed by atoms with E-state index in [1.54, 1.807) is 55.7 Å². The molecule has 0 radical (unpaired) electrons. The Morgan fingerprint density at radius 3 is 2.59 bits per heavy atom. The quantitative estimate of drug-likeness (QED) is 0.316. The predicted molar refractivity (Wildman–Crippen MR) is 111 cm³/mol. The maximum Gasteiger partial charge on any atom is 0.269 e. The molecule has 0 fully saturated rings. The van der Waals surface area contributed by atoms with Crippen LogP contribution in [0.1, 0.15) is 12.5 Å². The zero-order valence-electron chi connectivity index (χ0n) is 15.9. The number of non-ortho nitro benzene ring substituents is 1. The Balaban J connectivity index is 1.50. The number of benzene rings is 2. The molecule has 0 aliphatic heterocycles. The standard InChI is InChI=1S/C20H22N4O4S/c1-15(13-21-10-8-16-2-5-19(6-3-16)24(25)26)23-29(27,28)20-7-4-18-14-22-11-9-17(18)12-20/h2-7,9,11-12,14-15,21,23H,8,10,13H2,1H3/t15-/m1/s1. The van der Waals surface area contributed by atoms with Crippen molar-refractivity contribution >= 4 is 26.5 Å². The Kier molecular flexibility index (Phi) is 6.53. The smallest absolute Gasteiger partial charge is 0.269 e. The molecule has 0 aliphatic carbocycles. The molecule has 0 unspecified atom stereocenters. The van der Waals surface area contributed by atoms with Gasteiger partial charge in [-0.15, -0.1) is 0 Å². The summed E-state index contributed by atoms with van der Waals surface area (Å²) < 4.78 is 27.9. The number of aromatic nitrogens is 1. The second-order valence-corrected chi connectivity index (χ2v) is 8.50. The second kappa shape index (κ2) is 9.08. The van der Waals surface area contributed by atoms with Crippen LogP contribution >= 0.6 is 0 Å². The molecule has 1 heterocycles. The van der Waals surface area contributed by atoms with Crippen LogP contribution in [-0.4, -0.2) is 37.5 Å². The van der Waals surface area contributed by atoms with Crippen LogP contribution in [0.5, 0.6) is 0 Å². The highest BCUT2D eigenvalue weighted by Crippen LogP contribution is 2.18. The first-order valence-electron chi connectivity index (χ1n) is 9.15. The third-order valence-electron chi connectivity index (χ3n) is 4.47. The second-order valence-electron chi connectivity index (χ2n) is 6.78. The van der Waals surface area contributed by atoms with E-state index >= 15 is 0 Å². The van der Waals surface area contributed by atoms with Crippen LogP contribution in [0.2, 0.25) is 0 Å². The van der Waals surface area contributed by atoms with E-state index in [-0.39, 0.29) is 16.6 Å². The number of rotatable bonds is 9. The maximum atomic E-state index is 12.6. The maximum absolute atomic E-state index is 12.6. The average Bonchev–Trinajstić information content (AvgIpc) is 2.71. The molecule has 9 heteroatoms. The molecular weight excluding hydrogens is 392 g/mol. The number of sulfonamides is 1. The first-order chi connectivity index (χ1) is 13.8. The van der Waals surface area contributed by atoms with Crippen molar-refractivity contribution in [3.63, 3.8) is 0 Å². The summed E-state index contributed by atoms with van der Waals surface area (Å²) in [5.41, 5.74) is 1.04. The molecule has 29 heavy (non-hydrogen) atoms. The summed E-state index contributed by atoms with van der Waals surface area (Å²) in [6, 6.07) is 12.8. The van der Waals surface area contributed by atoms with Gasteiger partial charge in [0.15, 0.2) is 0 Å². The third kappa shape index (κ3) is 5.57. The van der Waals surface area contributed by atoms with Gasteiger partial charge in [0.2, 0.25) is 10.0 Å². The van der Waals surface area contributed by atoms with E-state index in [2.05, 4.69) is 15.0 Å². The average molecular weight is 414 g/mol. The van der Waals surface area contributed by atoms with Crippen molar-refractivity contribution in [2.45, 2.75) is 24.3 Å². The van der Waals surface area contributed by atoms with Crippen molar-refractivity contribution in [1.29, 1.82) is 0 Å². The Morgan fingerprint density at radius 2 is 1.86 bits per heavy atom. The minimum atomic E-state index is -3.63. The highest BCUT2D eigenvalue weighted by Gasteiger charge is 2.17. The Bertz CT molecular complexity index is 1100. The summed E-state index contributed by atoms with van der Waals surface area (Å²) in [6.07, 6.45) is 4.01. The highest BCUT2D eigenvalue weighted by atomic mass is 32.2. The largest absolute Gasteiger partial charge is 0.315 e. The number of hydrogen-bond acceptors (Lipinski definition) is 6. The van der Waals surface area contributed by atoms with Crippen LogP contribution in [0.4, 0.5) is 5.69 Å². The Morgan fingerprint density at radius 1 is 1.10 bits per heavy atom. The summed E-state index contributed by atoms with van der Waals surface area (Å²) in [5, 5.41) is 15.6. The molecule has 0 aliphatic rings. The summed E-state index contributed by atoms with van der Waals surface area (Å²) in [7, 11) is -3.63. The van der Waals surface area contributed by atoms with E-state index in [1.165, 1.54) is 12.1 Å². The first kappa shape index (κ1) is 20.8. The van der Waals surface area contributed by atoms with Gasteiger partial charge in [0.25, 0.3) is 5.69 Å². The summed E-state index contributed by atoms with van der Waals surface area (Å²) in [4.78, 5) is 14.5. The van der Waals surface area contributed by atoms with Gasteiger partial charge in [0, 0.05) is 42.5 Å². The Hall–Kier alpha value is -2.88. The van der Waals surface area contributed by atoms with Crippen molar-refractivity contribution in [3.05, 3.63) is 76.6 Å². The molecule has 152 valence electrons. The number of fused-ring (bicyclic) bond motifs is 1. The van der Waals surface area contributed by atoms with Gasteiger partial charge in [0.1, 0.15) is 0 Å². The third-order valence-corrected chi connectivity index (χ3v) is 6.05. The number of nitrogens with zero attached hydrogens (tertiary/aromatic N) is 2. The van der Waals surface area contributed by atoms with Crippen LogP contribution in [0.3, 0.4) is 0 Å². The van der Waals surface area contributed by atoms with Crippen molar-refractivity contribution in [3.8, 4) is 0 Å². The molecule has 2 aromatic carbocycles. The molecule has 0 spiro atoms. The van der Waals surface area contributed by atoms with Crippen LogP contribution in [-0.2, 0) is 16.4 Å². The minimum absolute atomic E-state index is 0.0645. The molecule has 2 N–H and O–H groups in total. The lowest BCUT2D eigenvalue weighted by Crippen LogP contribution is -2.40. The van der Waals surface area contributed by atoms with E-state index in [0.717, 1.165) is 16.3 Å². The van der Waals surface area contributed by atoms with Crippen molar-refractivity contribution in [2.24, 2.45) is 0 Å². The van der Waals surface area contributed by atoms with Crippen LogP contribution in [0.15, 0.2) is 65.8 Å². The molecule has 0 saturated heterocycles. The van der Waals surface area contributed by atoms with E-state index in [9.17, 15) is 18.5 Å². The van der Waals surface area contributed by atoms with Crippen molar-refractivity contribution in [1.82, 2.24) is 15.0 Å². The molecule has 1 atom stereocenters. The number of nitro benzene ring substituents is 1. The van der Waals surface area contributed by atoms with Gasteiger partial charge in [-0.25, -0.2) is 13.1 Å². The fourth-order valence-electron chi connectivity index (χ4n) is 2.94. The minimum Gasteiger partial charge on any atom is -0.315 e. The van der Waals surface area contributed by atoms with Crippen LogP contribution < -0.4 is 10.0 Å². The molecule has 0 saturated carbocycles. The zero-order valence-corrected chi connectivity index (χ0v) is 16.7. The van der Waals surface area contributed by atoms with Gasteiger partial charge in [-0.05, 0) is 49.0 Å². The van der Waals surface area contributed by atoms with E-state index in [0.29, 0.717) is 19.5 Å². The molecule has 1 aromatic heterocycles. The summed E-state index contributed by atoms with van der Waals surface area (Å²) >= 11 is 0. The van der Waals surface area contributed by atoms with Crippen molar-refractivity contribution in [2.75, 3.05) is 13.1 Å². The number of nitrogens with one attached hydrogen (secondary N) is 2. The molecule has 8 nitrogen and oxygen atoms in total. The van der Waals surface area contributed by atoms with Gasteiger partial charge >= 0.3 is 0 Å². The van der Waals surface area contributed by atoms with Crippen LogP contribution in [0, 0.1) is 10.1 Å². The highest BCUT2D eigenvalue weighted by molar-refractivity contribution is 7.89. The number of pyridine rings is 1. The van der Waals surface area contributed by atoms with E-state index in [4.69, 9.17) is 0 Å². The van der Waals surface area contributed by atoms with E-state index in [1.807, 2.05) is 0 Å². The topological polar surface area (TPSA) is 114 Å². The SMILES string of the molecule is C[C@H](CNCCc1ccc([N+](=O)[O-])cc1)NS(=O)(=O)c1ccc2cnccc2c1. The fraction of sp³-hybridized carbons (Fsp3) is 0.250. The van der Waals surface area contributed by atoms with Crippen LogP contribution in [0.25, 0.3) is 10.8 Å². The lowest BCUT2D eigenvalue weighted by molar-refractivity contribution is -0.384. The monoisotopic (exact) mass is 414 g/mol. The summed E-state index contributed by atoms with van der Waals surface area (Å²) in [6.45, 7) is 2.89.